The molecule has 3 heteroatoms. The molecule has 4 aliphatic rings. The first-order chi connectivity index (χ1) is 25.0. The maximum atomic E-state index is 3.88. The fraction of sp³-hybridized carbons (Fsp3) is 0.471. The van der Waals surface area contributed by atoms with E-state index in [9.17, 15) is 0 Å². The molecule has 0 radical (unpaired) electrons. The van der Waals surface area contributed by atoms with Crippen molar-refractivity contribution >= 4 is 3.21 Å². The van der Waals surface area contributed by atoms with Gasteiger partial charge in [0.1, 0.15) is 0 Å². The van der Waals surface area contributed by atoms with Crippen LogP contribution < -0.4 is 24.8 Å². The van der Waals surface area contributed by atoms with Gasteiger partial charge in [-0.2, -0.15) is 6.42 Å². The molecular weight excluding hydrogens is 775 g/mol. The van der Waals surface area contributed by atoms with Crippen LogP contribution in [0.3, 0.4) is 0 Å². The number of hydrogen-bond acceptors (Lipinski definition) is 0. The molecule has 0 unspecified atom stereocenters. The van der Waals surface area contributed by atoms with Gasteiger partial charge >= 0.3 is 103 Å². The summed E-state index contributed by atoms with van der Waals surface area (Å²) in [6, 6.07) is 32.8. The molecule has 2 fully saturated rings. The van der Waals surface area contributed by atoms with Crippen molar-refractivity contribution in [2.45, 2.75) is 142 Å². The summed E-state index contributed by atoms with van der Waals surface area (Å²) in [5.41, 5.74) is 13.5. The van der Waals surface area contributed by atoms with Gasteiger partial charge < -0.3 is 30.9 Å². The molecule has 0 bridgehead atoms. The van der Waals surface area contributed by atoms with Crippen LogP contribution in [0.25, 0.3) is 33.4 Å². The van der Waals surface area contributed by atoms with Gasteiger partial charge in [0, 0.05) is 0 Å². The summed E-state index contributed by atoms with van der Waals surface area (Å²) in [6.07, 6.45) is 25.1. The zero-order valence-corrected chi connectivity index (χ0v) is 37.9. The van der Waals surface area contributed by atoms with Gasteiger partial charge in [0.05, 0.1) is 0 Å². The maximum absolute atomic E-state index is 3.88. The van der Waals surface area contributed by atoms with E-state index in [1.54, 1.807) is 24.2 Å². The first kappa shape index (κ1) is 44.7. The Labute approximate surface area is 356 Å². The molecule has 0 atom stereocenters. The molecule has 0 N–H and O–H groups in total. The molecule has 286 valence electrons. The Morgan fingerprint density at radius 3 is 1.61 bits per heavy atom. The number of hydrogen-bond donors (Lipinski definition) is 0. The van der Waals surface area contributed by atoms with Crippen LogP contribution in [0, 0.1) is 24.0 Å². The Morgan fingerprint density at radius 1 is 0.630 bits per heavy atom. The average molecular weight is 837 g/mol. The van der Waals surface area contributed by atoms with Crippen LogP contribution in [-0.4, -0.2) is 3.21 Å². The molecule has 4 aromatic rings. The summed E-state index contributed by atoms with van der Waals surface area (Å²) in [5, 5.41) is 0. The van der Waals surface area contributed by atoms with E-state index in [1.165, 1.54) is 139 Å². The molecule has 2 saturated carbocycles. The minimum atomic E-state index is 0. The standard InChI is InChI=1S/C33H33.C13H22.C5H7.2ClH.Zr/c1-32(2,3)30-20-26-24(18-28(30)22-13-9-7-10-14-22)17-25-19-29(23-15-11-8-12-16-23)31(21-27(25)26)33(4,5)6;1-2-7-12(6-1)10-5-11-13-8-3-4-9-13;1-2-4-5-3-1;;;/h7-16,18,20-21H,17H2,1-6H3;12-13H,1-4,6-11H2;1H,2,4-5H2;2*1H;/q-1;;-1;;;+2/p-2. The van der Waals surface area contributed by atoms with Gasteiger partial charge in [-0.3, -0.25) is 6.08 Å². The zero-order valence-electron chi connectivity index (χ0n) is 33.9. The summed E-state index contributed by atoms with van der Waals surface area (Å²) in [5.74, 6) is 2.18. The Balaban J connectivity index is 0.000000255. The van der Waals surface area contributed by atoms with E-state index in [2.05, 4.69) is 139 Å². The van der Waals surface area contributed by atoms with Gasteiger partial charge in [0.2, 0.25) is 0 Å². The van der Waals surface area contributed by atoms with E-state index < -0.39 is 0 Å². The second kappa shape index (κ2) is 20.4. The average Bonchev–Trinajstić information content (AvgIpc) is 3.97. The number of rotatable bonds is 6. The van der Waals surface area contributed by atoms with Crippen molar-refractivity contribution in [1.29, 1.82) is 0 Å². The third kappa shape index (κ3) is 11.7. The zero-order chi connectivity index (χ0) is 36.7. The van der Waals surface area contributed by atoms with E-state index in [-0.39, 0.29) is 35.6 Å². The molecule has 8 rings (SSSR count). The summed E-state index contributed by atoms with van der Waals surface area (Å²) in [6.45, 7) is 13.9. The summed E-state index contributed by atoms with van der Waals surface area (Å²) in [4.78, 5) is 0. The van der Waals surface area contributed by atoms with Crippen LogP contribution in [0.4, 0.5) is 0 Å². The number of fused-ring (bicyclic) bond motifs is 3. The molecule has 4 aliphatic carbocycles. The van der Waals surface area contributed by atoms with Crippen molar-refractivity contribution in [3.63, 3.8) is 0 Å². The quantitative estimate of drug-likeness (QED) is 0.151. The van der Waals surface area contributed by atoms with Gasteiger partial charge in [0.25, 0.3) is 0 Å². The van der Waals surface area contributed by atoms with Crippen LogP contribution in [0.1, 0.15) is 147 Å². The Kier molecular flexibility index (Phi) is 16.9. The van der Waals surface area contributed by atoms with Gasteiger partial charge in [-0.15, -0.1) is 28.8 Å². The van der Waals surface area contributed by atoms with Crippen LogP contribution in [0.5, 0.6) is 0 Å². The fourth-order valence-corrected chi connectivity index (χ4v) is 10.2. The molecule has 0 saturated heterocycles. The Morgan fingerprint density at radius 2 is 1.15 bits per heavy atom. The molecule has 0 amide bonds. The Bertz CT molecular complexity index is 1680. The van der Waals surface area contributed by atoms with Gasteiger partial charge in [-0.05, 0) is 39.5 Å². The van der Waals surface area contributed by atoms with Crippen LogP contribution in [-0.2, 0) is 41.5 Å². The van der Waals surface area contributed by atoms with E-state index in [4.69, 9.17) is 0 Å². The molecule has 0 aromatic heterocycles. The van der Waals surface area contributed by atoms with E-state index in [0.29, 0.717) is 0 Å². The first-order valence-corrected chi connectivity index (χ1v) is 21.7. The van der Waals surface area contributed by atoms with Gasteiger partial charge in [-0.1, -0.05) is 144 Å². The molecule has 0 spiro atoms. The predicted octanol–water partition coefficient (Wildman–Crippen LogP) is 8.39. The van der Waals surface area contributed by atoms with Crippen molar-refractivity contribution < 1.29 is 49.0 Å². The molecule has 0 aliphatic heterocycles. The monoisotopic (exact) mass is 834 g/mol. The number of halogens is 2. The minimum absolute atomic E-state index is 0. The SMILES string of the molecule is CC(C)(C)c1cc2c([c-]c1-c1ccccc1)Cc1cc(-c3ccccc3)c(C(C)(C)C)cc1-2.[C-]1=CCCC1.[Cl-].[Cl-].[Zr+2]=[C](CC1CCCC1)CC1CCCC1. The number of benzene rings is 4. The number of allylic oxidation sites excluding steroid dienone is 2. The van der Waals surface area contributed by atoms with Crippen molar-refractivity contribution in [2.75, 3.05) is 0 Å². The van der Waals surface area contributed by atoms with Crippen molar-refractivity contribution in [3.05, 3.63) is 119 Å². The molecular formula is C51H62Cl2Zr-2. The van der Waals surface area contributed by atoms with E-state index >= 15 is 0 Å². The van der Waals surface area contributed by atoms with Crippen LogP contribution in [0.2, 0.25) is 0 Å². The second-order valence-corrected chi connectivity index (χ2v) is 19.8. The summed E-state index contributed by atoms with van der Waals surface area (Å²) >= 11 is 1.74. The topological polar surface area (TPSA) is 0 Å². The van der Waals surface area contributed by atoms with Crippen molar-refractivity contribution in [1.82, 2.24) is 0 Å². The Hall–Kier alpha value is -2.05. The second-order valence-electron chi connectivity index (χ2n) is 18.0. The molecule has 4 aromatic carbocycles. The van der Waals surface area contributed by atoms with E-state index in [0.717, 1.165) is 18.3 Å². The molecule has 0 heterocycles. The van der Waals surface area contributed by atoms with Crippen LogP contribution >= 0.6 is 0 Å². The fourth-order valence-electron chi connectivity index (χ4n) is 8.82. The first-order valence-electron chi connectivity index (χ1n) is 20.5. The third-order valence-corrected chi connectivity index (χ3v) is 12.7. The predicted molar refractivity (Wildman–Crippen MR) is 222 cm³/mol. The van der Waals surface area contributed by atoms with Gasteiger partial charge in [-0.25, -0.2) is 0 Å². The van der Waals surface area contributed by atoms with Crippen molar-refractivity contribution in [3.8, 4) is 33.4 Å². The van der Waals surface area contributed by atoms with Gasteiger partial charge in [0.15, 0.2) is 0 Å². The van der Waals surface area contributed by atoms with E-state index in [1.807, 2.05) is 3.21 Å². The normalized spacial score (nSPS) is 16.3. The van der Waals surface area contributed by atoms with Crippen LogP contribution in [0.15, 0.2) is 84.9 Å². The summed E-state index contributed by atoms with van der Waals surface area (Å²) < 4.78 is 1.90. The third-order valence-electron chi connectivity index (χ3n) is 11.7. The molecule has 54 heavy (non-hydrogen) atoms. The molecule has 0 nitrogen and oxygen atoms in total. The van der Waals surface area contributed by atoms with Crippen molar-refractivity contribution in [2.24, 2.45) is 11.8 Å². The summed E-state index contributed by atoms with van der Waals surface area (Å²) in [7, 11) is 0.